The fourth-order valence-corrected chi connectivity index (χ4v) is 1.46. The molecule has 1 unspecified atom stereocenters. The number of nitrogens with zero attached hydrogens (tertiary/aromatic N) is 1. The Morgan fingerprint density at radius 2 is 1.75 bits per heavy atom. The molecule has 2 heteroatoms. The van der Waals surface area contributed by atoms with Gasteiger partial charge in [-0.2, -0.15) is 0 Å². The molecule has 0 saturated heterocycles. The van der Waals surface area contributed by atoms with Gasteiger partial charge in [-0.15, -0.1) is 0 Å². The van der Waals surface area contributed by atoms with Crippen LogP contribution in [-0.4, -0.2) is 35.7 Å². The van der Waals surface area contributed by atoms with Crippen molar-refractivity contribution >= 4 is 0 Å². The highest BCUT2D eigenvalue weighted by atomic mass is 16.3. The van der Waals surface area contributed by atoms with Gasteiger partial charge >= 0.3 is 0 Å². The van der Waals surface area contributed by atoms with E-state index in [1.54, 1.807) is 0 Å². The minimum Gasteiger partial charge on any atom is -0.392 e. The third-order valence-electron chi connectivity index (χ3n) is 1.69. The summed E-state index contributed by atoms with van der Waals surface area (Å²) in [7, 11) is 0. The van der Waals surface area contributed by atoms with Crippen molar-refractivity contribution in [3.8, 4) is 0 Å². The lowest BCUT2D eigenvalue weighted by atomic mass is 10.2. The molecule has 0 aliphatic heterocycles. The first-order chi connectivity index (χ1) is 5.56. The van der Waals surface area contributed by atoms with E-state index in [1.807, 2.05) is 6.92 Å². The SMILES string of the molecule is CCCN(CC(C)C)CC(C)O. The van der Waals surface area contributed by atoms with Gasteiger partial charge in [-0.1, -0.05) is 20.8 Å². The van der Waals surface area contributed by atoms with Crippen LogP contribution in [-0.2, 0) is 0 Å². The molecule has 0 fully saturated rings. The average Bonchev–Trinajstić information content (AvgIpc) is 1.84. The summed E-state index contributed by atoms with van der Waals surface area (Å²) in [5.41, 5.74) is 0. The van der Waals surface area contributed by atoms with Gasteiger partial charge in [0.25, 0.3) is 0 Å². The second-order valence-electron chi connectivity index (χ2n) is 4.00. The van der Waals surface area contributed by atoms with Gasteiger partial charge in [-0.05, 0) is 25.8 Å². The Labute approximate surface area is 76.6 Å². The molecule has 1 N–H and O–H groups in total. The van der Waals surface area contributed by atoms with E-state index in [2.05, 4.69) is 25.7 Å². The zero-order valence-corrected chi connectivity index (χ0v) is 8.88. The van der Waals surface area contributed by atoms with Crippen LogP contribution >= 0.6 is 0 Å². The molecule has 0 aromatic rings. The lowest BCUT2D eigenvalue weighted by Gasteiger charge is -2.24. The highest BCUT2D eigenvalue weighted by molar-refractivity contribution is 4.62. The Hall–Kier alpha value is -0.0800. The minimum absolute atomic E-state index is 0.199. The maximum atomic E-state index is 9.22. The Morgan fingerprint density at radius 1 is 1.17 bits per heavy atom. The van der Waals surface area contributed by atoms with Crippen LogP contribution in [0.4, 0.5) is 0 Å². The molecule has 2 nitrogen and oxygen atoms in total. The molecule has 0 amide bonds. The molecule has 0 heterocycles. The maximum absolute atomic E-state index is 9.22. The molecule has 74 valence electrons. The van der Waals surface area contributed by atoms with Crippen molar-refractivity contribution in [3.05, 3.63) is 0 Å². The van der Waals surface area contributed by atoms with Gasteiger partial charge in [0.1, 0.15) is 0 Å². The molecule has 1 atom stereocenters. The topological polar surface area (TPSA) is 23.5 Å². The fraction of sp³-hybridized carbons (Fsp3) is 1.00. The number of aliphatic hydroxyl groups is 1. The van der Waals surface area contributed by atoms with Crippen molar-refractivity contribution in [3.63, 3.8) is 0 Å². The highest BCUT2D eigenvalue weighted by Crippen LogP contribution is 2.00. The number of rotatable bonds is 6. The molecule has 0 rings (SSSR count). The van der Waals surface area contributed by atoms with E-state index in [0.29, 0.717) is 5.92 Å². The van der Waals surface area contributed by atoms with Gasteiger partial charge in [-0.25, -0.2) is 0 Å². The summed E-state index contributed by atoms with van der Waals surface area (Å²) in [5, 5.41) is 9.22. The zero-order valence-electron chi connectivity index (χ0n) is 8.88. The standard InChI is InChI=1S/C10H23NO/c1-5-6-11(7-9(2)3)8-10(4)12/h9-10,12H,5-8H2,1-4H3. The number of hydrogen-bond donors (Lipinski definition) is 1. The predicted molar refractivity (Wildman–Crippen MR) is 53.2 cm³/mol. The molecule has 12 heavy (non-hydrogen) atoms. The minimum atomic E-state index is -0.199. The largest absolute Gasteiger partial charge is 0.392 e. The molecule has 0 saturated carbocycles. The van der Waals surface area contributed by atoms with Crippen molar-refractivity contribution in [1.29, 1.82) is 0 Å². The lowest BCUT2D eigenvalue weighted by Crippen LogP contribution is -2.34. The van der Waals surface area contributed by atoms with Gasteiger partial charge in [-0.3, -0.25) is 0 Å². The normalized spacial score (nSPS) is 14.2. The average molecular weight is 173 g/mol. The van der Waals surface area contributed by atoms with Gasteiger partial charge in [0, 0.05) is 13.1 Å². The zero-order chi connectivity index (χ0) is 9.56. The number of aliphatic hydroxyl groups excluding tert-OH is 1. The Balaban J connectivity index is 3.69. The first-order valence-electron chi connectivity index (χ1n) is 4.96. The molecular formula is C10H23NO. The summed E-state index contributed by atoms with van der Waals surface area (Å²) in [5.74, 6) is 0.690. The van der Waals surface area contributed by atoms with Crippen LogP contribution in [0.2, 0.25) is 0 Å². The monoisotopic (exact) mass is 173 g/mol. The van der Waals surface area contributed by atoms with Crippen LogP contribution in [0.1, 0.15) is 34.1 Å². The first-order valence-corrected chi connectivity index (χ1v) is 4.96. The maximum Gasteiger partial charge on any atom is 0.0639 e. The number of hydrogen-bond acceptors (Lipinski definition) is 2. The van der Waals surface area contributed by atoms with Crippen LogP contribution in [0.25, 0.3) is 0 Å². The smallest absolute Gasteiger partial charge is 0.0639 e. The fourth-order valence-electron chi connectivity index (χ4n) is 1.46. The highest BCUT2D eigenvalue weighted by Gasteiger charge is 2.08. The predicted octanol–water partition coefficient (Wildman–Crippen LogP) is 1.74. The molecule has 0 aliphatic rings. The molecule has 0 aromatic heterocycles. The lowest BCUT2D eigenvalue weighted by molar-refractivity contribution is 0.119. The molecular weight excluding hydrogens is 150 g/mol. The van der Waals surface area contributed by atoms with E-state index >= 15 is 0 Å². The summed E-state index contributed by atoms with van der Waals surface area (Å²) in [6.07, 6.45) is 0.967. The molecule has 0 aliphatic carbocycles. The van der Waals surface area contributed by atoms with E-state index in [9.17, 15) is 5.11 Å². The van der Waals surface area contributed by atoms with Gasteiger partial charge in [0.2, 0.25) is 0 Å². The summed E-state index contributed by atoms with van der Waals surface area (Å²) in [4.78, 5) is 2.33. The van der Waals surface area contributed by atoms with E-state index < -0.39 is 0 Å². The van der Waals surface area contributed by atoms with Crippen LogP contribution in [0.3, 0.4) is 0 Å². The third-order valence-corrected chi connectivity index (χ3v) is 1.69. The van der Waals surface area contributed by atoms with Crippen LogP contribution < -0.4 is 0 Å². The Morgan fingerprint density at radius 3 is 2.08 bits per heavy atom. The molecule has 0 radical (unpaired) electrons. The second-order valence-corrected chi connectivity index (χ2v) is 4.00. The van der Waals surface area contributed by atoms with Crippen molar-refractivity contribution in [1.82, 2.24) is 4.90 Å². The van der Waals surface area contributed by atoms with Crippen molar-refractivity contribution in [2.45, 2.75) is 40.2 Å². The summed E-state index contributed by atoms with van der Waals surface area (Å²) in [6.45, 7) is 11.5. The summed E-state index contributed by atoms with van der Waals surface area (Å²) in [6, 6.07) is 0. The van der Waals surface area contributed by atoms with E-state index in [0.717, 1.165) is 19.6 Å². The Bertz CT molecular complexity index is 92.0. The first kappa shape index (κ1) is 11.9. The van der Waals surface area contributed by atoms with E-state index in [4.69, 9.17) is 0 Å². The van der Waals surface area contributed by atoms with E-state index in [-0.39, 0.29) is 6.10 Å². The van der Waals surface area contributed by atoms with Gasteiger partial charge in [0.05, 0.1) is 6.10 Å². The van der Waals surface area contributed by atoms with Gasteiger partial charge in [0.15, 0.2) is 0 Å². The quantitative estimate of drug-likeness (QED) is 0.661. The third kappa shape index (κ3) is 6.62. The van der Waals surface area contributed by atoms with Crippen molar-refractivity contribution in [2.24, 2.45) is 5.92 Å². The molecule has 0 bridgehead atoms. The van der Waals surface area contributed by atoms with Crippen molar-refractivity contribution in [2.75, 3.05) is 19.6 Å². The molecule has 0 aromatic carbocycles. The van der Waals surface area contributed by atoms with Crippen LogP contribution in [0.15, 0.2) is 0 Å². The summed E-state index contributed by atoms with van der Waals surface area (Å²) < 4.78 is 0. The molecule has 0 spiro atoms. The van der Waals surface area contributed by atoms with E-state index in [1.165, 1.54) is 6.42 Å². The van der Waals surface area contributed by atoms with Crippen LogP contribution in [0, 0.1) is 5.92 Å². The summed E-state index contributed by atoms with van der Waals surface area (Å²) >= 11 is 0. The Kier molecular flexibility index (Phi) is 6.39. The van der Waals surface area contributed by atoms with Crippen molar-refractivity contribution < 1.29 is 5.11 Å². The second kappa shape index (κ2) is 6.44. The van der Waals surface area contributed by atoms with Gasteiger partial charge < -0.3 is 10.0 Å². The van der Waals surface area contributed by atoms with Crippen LogP contribution in [0.5, 0.6) is 0 Å².